The predicted octanol–water partition coefficient (Wildman–Crippen LogP) is 1.78. The summed E-state index contributed by atoms with van der Waals surface area (Å²) >= 11 is 0. The van der Waals surface area contributed by atoms with E-state index < -0.39 is 6.10 Å². The minimum absolute atomic E-state index is 0.187. The van der Waals surface area contributed by atoms with Gasteiger partial charge in [-0.25, -0.2) is 0 Å². The maximum absolute atomic E-state index is 12.3. The molecule has 2 aromatic rings. The van der Waals surface area contributed by atoms with Gasteiger partial charge in [0.25, 0.3) is 5.91 Å². The Morgan fingerprint density at radius 2 is 1.90 bits per heavy atom. The van der Waals surface area contributed by atoms with Crippen LogP contribution in [0.25, 0.3) is 0 Å². The van der Waals surface area contributed by atoms with Crippen LogP contribution < -0.4 is 10.1 Å². The van der Waals surface area contributed by atoms with E-state index in [1.807, 2.05) is 14.1 Å². The Morgan fingerprint density at radius 3 is 2.62 bits per heavy atom. The number of ether oxygens (including phenoxy) is 1. The molecular formula is C23H31N3O3. The van der Waals surface area contributed by atoms with E-state index in [-0.39, 0.29) is 12.5 Å². The molecular weight excluding hydrogens is 366 g/mol. The fraction of sp³-hybridized carbons (Fsp3) is 0.435. The third-order valence-corrected chi connectivity index (χ3v) is 5.10. The van der Waals surface area contributed by atoms with Crippen molar-refractivity contribution < 1.29 is 14.6 Å². The van der Waals surface area contributed by atoms with Gasteiger partial charge < -0.3 is 20.1 Å². The van der Waals surface area contributed by atoms with Gasteiger partial charge in [0.2, 0.25) is 0 Å². The van der Waals surface area contributed by atoms with E-state index in [0.717, 1.165) is 31.8 Å². The number of benzene rings is 2. The molecule has 1 aliphatic rings. The van der Waals surface area contributed by atoms with Gasteiger partial charge in [0, 0.05) is 38.3 Å². The number of nitrogens with one attached hydrogen (secondary N) is 1. The second-order valence-electron chi connectivity index (χ2n) is 7.79. The molecule has 6 nitrogen and oxygen atoms in total. The summed E-state index contributed by atoms with van der Waals surface area (Å²) in [6.07, 6.45) is 0.399. The summed E-state index contributed by atoms with van der Waals surface area (Å²) in [7, 11) is 3.99. The Kier molecular flexibility index (Phi) is 7.63. The van der Waals surface area contributed by atoms with Gasteiger partial charge in [-0.15, -0.1) is 0 Å². The first kappa shape index (κ1) is 21.3. The summed E-state index contributed by atoms with van der Waals surface area (Å²) < 4.78 is 5.64. The average Bonchev–Trinajstić information content (AvgIpc) is 2.72. The SMILES string of the molecule is CN(C)CCOc1ccc(C(=O)NCC(O)CN2CCc3ccccc3C2)cc1. The zero-order valence-electron chi connectivity index (χ0n) is 17.3. The highest BCUT2D eigenvalue weighted by atomic mass is 16.5. The van der Waals surface area contributed by atoms with Crippen molar-refractivity contribution in [2.24, 2.45) is 0 Å². The molecule has 156 valence electrons. The van der Waals surface area contributed by atoms with Gasteiger partial charge >= 0.3 is 0 Å². The van der Waals surface area contributed by atoms with Gasteiger partial charge in [-0.05, 0) is 55.9 Å². The number of hydrogen-bond donors (Lipinski definition) is 2. The Labute approximate surface area is 173 Å². The first-order valence-corrected chi connectivity index (χ1v) is 10.1. The highest BCUT2D eigenvalue weighted by molar-refractivity contribution is 5.94. The van der Waals surface area contributed by atoms with E-state index in [9.17, 15) is 9.90 Å². The van der Waals surface area contributed by atoms with Gasteiger partial charge in [0.1, 0.15) is 12.4 Å². The third kappa shape index (κ3) is 6.56. The molecule has 2 N–H and O–H groups in total. The van der Waals surface area contributed by atoms with E-state index in [0.29, 0.717) is 18.7 Å². The summed E-state index contributed by atoms with van der Waals surface area (Å²) in [5.74, 6) is 0.557. The van der Waals surface area contributed by atoms with Crippen LogP contribution >= 0.6 is 0 Å². The van der Waals surface area contributed by atoms with Gasteiger partial charge in [-0.3, -0.25) is 9.69 Å². The van der Waals surface area contributed by atoms with E-state index >= 15 is 0 Å². The zero-order chi connectivity index (χ0) is 20.6. The van der Waals surface area contributed by atoms with Crippen LogP contribution in [0.4, 0.5) is 0 Å². The number of rotatable bonds is 9. The number of carbonyl (C=O) groups is 1. The van der Waals surface area contributed by atoms with Crippen molar-refractivity contribution in [2.45, 2.75) is 19.1 Å². The van der Waals surface area contributed by atoms with Crippen molar-refractivity contribution >= 4 is 5.91 Å². The molecule has 6 heteroatoms. The maximum atomic E-state index is 12.3. The normalized spacial score (nSPS) is 15.0. The van der Waals surface area contributed by atoms with Crippen LogP contribution in [0.5, 0.6) is 5.75 Å². The summed E-state index contributed by atoms with van der Waals surface area (Å²) in [5.41, 5.74) is 3.27. The van der Waals surface area contributed by atoms with Gasteiger partial charge in [-0.1, -0.05) is 24.3 Å². The van der Waals surface area contributed by atoms with E-state index in [1.54, 1.807) is 24.3 Å². The van der Waals surface area contributed by atoms with E-state index in [4.69, 9.17) is 4.74 Å². The lowest BCUT2D eigenvalue weighted by atomic mass is 10.00. The topological polar surface area (TPSA) is 65.0 Å². The van der Waals surface area contributed by atoms with Crippen molar-refractivity contribution in [2.75, 3.05) is 46.9 Å². The van der Waals surface area contributed by atoms with Crippen molar-refractivity contribution in [1.82, 2.24) is 15.1 Å². The number of carbonyl (C=O) groups excluding carboxylic acids is 1. The summed E-state index contributed by atoms with van der Waals surface area (Å²) in [4.78, 5) is 16.6. The highest BCUT2D eigenvalue weighted by Gasteiger charge is 2.19. The maximum Gasteiger partial charge on any atom is 0.251 e. The summed E-state index contributed by atoms with van der Waals surface area (Å²) in [5, 5.41) is 13.2. The molecule has 0 saturated carbocycles. The Hall–Kier alpha value is -2.41. The van der Waals surface area contributed by atoms with Crippen LogP contribution in [0.2, 0.25) is 0 Å². The van der Waals surface area contributed by atoms with Gasteiger partial charge in [0.05, 0.1) is 6.10 Å². The van der Waals surface area contributed by atoms with Crippen LogP contribution in [-0.4, -0.2) is 73.8 Å². The second kappa shape index (κ2) is 10.4. The number of β-amino-alcohol motifs (C(OH)–C–C–N with tert-alkyl or cyclic N) is 1. The first-order valence-electron chi connectivity index (χ1n) is 10.1. The molecule has 0 saturated heterocycles. The zero-order valence-corrected chi connectivity index (χ0v) is 17.3. The largest absolute Gasteiger partial charge is 0.492 e. The lowest BCUT2D eigenvalue weighted by Gasteiger charge is -2.30. The van der Waals surface area contributed by atoms with Gasteiger partial charge in [0.15, 0.2) is 0 Å². The number of nitrogens with zero attached hydrogens (tertiary/aromatic N) is 2. The fourth-order valence-corrected chi connectivity index (χ4v) is 3.43. The number of amides is 1. The van der Waals surface area contributed by atoms with Crippen molar-refractivity contribution in [3.8, 4) is 5.75 Å². The monoisotopic (exact) mass is 397 g/mol. The molecule has 1 atom stereocenters. The lowest BCUT2D eigenvalue weighted by molar-refractivity contribution is 0.0842. The quantitative estimate of drug-likeness (QED) is 0.675. The van der Waals surface area contributed by atoms with E-state index in [2.05, 4.69) is 39.4 Å². The number of aliphatic hydroxyl groups is 1. The smallest absolute Gasteiger partial charge is 0.251 e. The molecule has 1 heterocycles. The highest BCUT2D eigenvalue weighted by Crippen LogP contribution is 2.18. The van der Waals surface area contributed by atoms with Crippen molar-refractivity contribution in [3.05, 3.63) is 65.2 Å². The number of hydrogen-bond acceptors (Lipinski definition) is 5. The summed E-state index contributed by atoms with van der Waals surface area (Å²) in [6.45, 7) is 3.99. The standard InChI is InChI=1S/C23H31N3O3/c1-25(2)13-14-29-22-9-7-19(8-10-22)23(28)24-15-21(27)17-26-12-11-18-5-3-4-6-20(18)16-26/h3-10,21,27H,11-17H2,1-2H3,(H,24,28). The number of likely N-dealkylation sites (N-methyl/N-ethyl adjacent to an activating group) is 1. The van der Waals surface area contributed by atoms with Crippen LogP contribution in [0.3, 0.4) is 0 Å². The average molecular weight is 398 g/mol. The Morgan fingerprint density at radius 1 is 1.17 bits per heavy atom. The van der Waals surface area contributed by atoms with Crippen LogP contribution in [0.1, 0.15) is 21.5 Å². The van der Waals surface area contributed by atoms with Crippen LogP contribution in [0.15, 0.2) is 48.5 Å². The van der Waals surface area contributed by atoms with Crippen molar-refractivity contribution in [1.29, 1.82) is 0 Å². The third-order valence-electron chi connectivity index (χ3n) is 5.10. The van der Waals surface area contributed by atoms with Crippen molar-refractivity contribution in [3.63, 3.8) is 0 Å². The molecule has 1 amide bonds. The molecule has 0 fully saturated rings. The summed E-state index contributed by atoms with van der Waals surface area (Å²) in [6, 6.07) is 15.5. The van der Waals surface area contributed by atoms with Crippen LogP contribution in [-0.2, 0) is 13.0 Å². The number of aliphatic hydroxyl groups excluding tert-OH is 1. The predicted molar refractivity (Wildman–Crippen MR) is 114 cm³/mol. The molecule has 2 aromatic carbocycles. The minimum Gasteiger partial charge on any atom is -0.492 e. The second-order valence-corrected chi connectivity index (χ2v) is 7.79. The van der Waals surface area contributed by atoms with Crippen LogP contribution in [0, 0.1) is 0 Å². The molecule has 3 rings (SSSR count). The Bertz CT molecular complexity index is 792. The molecule has 1 aliphatic heterocycles. The fourth-order valence-electron chi connectivity index (χ4n) is 3.43. The van der Waals surface area contributed by atoms with E-state index in [1.165, 1.54) is 11.1 Å². The lowest BCUT2D eigenvalue weighted by Crippen LogP contribution is -2.42. The Balaban J connectivity index is 1.41. The van der Waals surface area contributed by atoms with Gasteiger partial charge in [-0.2, -0.15) is 0 Å². The molecule has 0 aliphatic carbocycles. The first-order chi connectivity index (χ1) is 14.0. The molecule has 0 bridgehead atoms. The minimum atomic E-state index is -0.599. The molecule has 29 heavy (non-hydrogen) atoms. The molecule has 0 radical (unpaired) electrons. The molecule has 1 unspecified atom stereocenters. The molecule has 0 aromatic heterocycles. The number of fused-ring (bicyclic) bond motifs is 1. The molecule has 0 spiro atoms.